The molecule has 0 amide bonds. The summed E-state index contributed by atoms with van der Waals surface area (Å²) in [6, 6.07) is 0.330. The van der Waals surface area contributed by atoms with Crippen molar-refractivity contribution in [3.63, 3.8) is 0 Å². The molecule has 0 bridgehead atoms. The number of rotatable bonds is 2. The van der Waals surface area contributed by atoms with E-state index in [0.717, 1.165) is 24.7 Å². The van der Waals surface area contributed by atoms with Crippen LogP contribution >= 0.6 is 0 Å². The maximum Gasteiger partial charge on any atom is 0.229 e. The lowest BCUT2D eigenvalue weighted by atomic mass is 9.91. The van der Waals surface area contributed by atoms with Gasteiger partial charge in [-0.2, -0.15) is 4.98 Å². The lowest BCUT2D eigenvalue weighted by Gasteiger charge is -2.15. The van der Waals surface area contributed by atoms with Gasteiger partial charge < -0.3 is 9.84 Å². The Morgan fingerprint density at radius 3 is 2.44 bits per heavy atom. The Hall–Kier alpha value is -0.900. The number of aromatic nitrogens is 2. The summed E-state index contributed by atoms with van der Waals surface area (Å²) in [6.45, 7) is 1.08. The molecule has 1 aliphatic carbocycles. The maximum absolute atomic E-state index is 5.51. The number of hydrogen-bond acceptors (Lipinski definition) is 4. The van der Waals surface area contributed by atoms with Crippen molar-refractivity contribution in [2.75, 3.05) is 6.54 Å². The van der Waals surface area contributed by atoms with E-state index in [2.05, 4.69) is 15.5 Å². The molecule has 0 spiro atoms. The highest BCUT2D eigenvalue weighted by molar-refractivity contribution is 5.00. The minimum atomic E-state index is 0.330. The summed E-state index contributed by atoms with van der Waals surface area (Å²) in [5.74, 6) is 2.28. The van der Waals surface area contributed by atoms with Crippen LogP contribution in [0, 0.1) is 0 Å². The van der Waals surface area contributed by atoms with Gasteiger partial charge in [0.1, 0.15) is 0 Å². The van der Waals surface area contributed by atoms with E-state index in [-0.39, 0.29) is 0 Å². The van der Waals surface area contributed by atoms with E-state index in [1.165, 1.54) is 51.4 Å². The molecule has 2 heterocycles. The lowest BCUT2D eigenvalue weighted by Crippen LogP contribution is -2.14. The van der Waals surface area contributed by atoms with Crippen LogP contribution in [0.15, 0.2) is 4.52 Å². The first-order valence-electron chi connectivity index (χ1n) is 7.50. The molecule has 0 aromatic carbocycles. The quantitative estimate of drug-likeness (QED) is 0.873. The summed E-state index contributed by atoms with van der Waals surface area (Å²) >= 11 is 0. The van der Waals surface area contributed by atoms with E-state index in [4.69, 9.17) is 4.52 Å². The van der Waals surface area contributed by atoms with Gasteiger partial charge in [-0.05, 0) is 32.2 Å². The largest absolute Gasteiger partial charge is 0.339 e. The second-order valence-corrected chi connectivity index (χ2v) is 5.68. The van der Waals surface area contributed by atoms with E-state index in [1.54, 1.807) is 0 Å². The summed E-state index contributed by atoms with van der Waals surface area (Å²) in [6.07, 6.45) is 11.5. The van der Waals surface area contributed by atoms with Gasteiger partial charge in [0, 0.05) is 5.92 Å². The van der Waals surface area contributed by atoms with E-state index in [9.17, 15) is 0 Å². The molecule has 3 rings (SSSR count). The molecule has 1 aliphatic heterocycles. The van der Waals surface area contributed by atoms with Gasteiger partial charge in [-0.3, -0.25) is 0 Å². The zero-order valence-electron chi connectivity index (χ0n) is 11.0. The van der Waals surface area contributed by atoms with Gasteiger partial charge in [-0.15, -0.1) is 0 Å². The molecule has 1 saturated carbocycles. The molecule has 1 atom stereocenters. The Morgan fingerprint density at radius 1 is 0.944 bits per heavy atom. The van der Waals surface area contributed by atoms with Crippen molar-refractivity contribution in [3.05, 3.63) is 11.7 Å². The van der Waals surface area contributed by atoms with Gasteiger partial charge in [0.15, 0.2) is 5.82 Å². The molecular weight excluding hydrogens is 226 g/mol. The molecule has 1 saturated heterocycles. The Balaban J connectivity index is 1.66. The zero-order chi connectivity index (χ0) is 12.2. The minimum absolute atomic E-state index is 0.330. The highest BCUT2D eigenvalue weighted by atomic mass is 16.5. The number of nitrogens with zero attached hydrogens (tertiary/aromatic N) is 2. The molecule has 4 heteroatoms. The van der Waals surface area contributed by atoms with Gasteiger partial charge in [-0.25, -0.2) is 0 Å². The lowest BCUT2D eigenvalue weighted by molar-refractivity contribution is 0.319. The van der Waals surface area contributed by atoms with Crippen LogP contribution in [0.4, 0.5) is 0 Å². The molecule has 2 aliphatic rings. The monoisotopic (exact) mass is 249 g/mol. The fraction of sp³-hybridized carbons (Fsp3) is 0.857. The molecule has 18 heavy (non-hydrogen) atoms. The second-order valence-electron chi connectivity index (χ2n) is 5.68. The van der Waals surface area contributed by atoms with Crippen molar-refractivity contribution in [2.45, 2.75) is 69.7 Å². The second kappa shape index (κ2) is 5.83. The fourth-order valence-corrected chi connectivity index (χ4v) is 3.16. The highest BCUT2D eigenvalue weighted by Gasteiger charge is 2.25. The third-order valence-electron chi connectivity index (χ3n) is 4.28. The normalized spacial score (nSPS) is 27.0. The van der Waals surface area contributed by atoms with Gasteiger partial charge in [0.25, 0.3) is 0 Å². The van der Waals surface area contributed by atoms with Gasteiger partial charge in [0.05, 0.1) is 6.04 Å². The fourth-order valence-electron chi connectivity index (χ4n) is 3.16. The standard InChI is InChI=1S/C14H23N3O/c1-2-4-7-11(8-5-3-1)14-16-13(17-18-14)12-9-6-10-15-12/h11-12,15H,1-10H2. The first-order chi connectivity index (χ1) is 8.93. The molecule has 100 valence electrons. The van der Waals surface area contributed by atoms with E-state index in [1.807, 2.05) is 0 Å². The molecule has 1 N–H and O–H groups in total. The van der Waals surface area contributed by atoms with Crippen LogP contribution in [-0.2, 0) is 0 Å². The van der Waals surface area contributed by atoms with Crippen molar-refractivity contribution < 1.29 is 4.52 Å². The van der Waals surface area contributed by atoms with Gasteiger partial charge in [-0.1, -0.05) is 37.3 Å². The van der Waals surface area contributed by atoms with Gasteiger partial charge >= 0.3 is 0 Å². The van der Waals surface area contributed by atoms with Crippen LogP contribution < -0.4 is 5.32 Å². The number of hydrogen-bond donors (Lipinski definition) is 1. The Morgan fingerprint density at radius 2 is 1.72 bits per heavy atom. The average Bonchev–Trinajstić information content (AvgIpc) is 2.98. The Labute approximate surface area is 109 Å². The smallest absolute Gasteiger partial charge is 0.229 e. The highest BCUT2D eigenvalue weighted by Crippen LogP contribution is 2.31. The maximum atomic E-state index is 5.51. The number of nitrogens with one attached hydrogen (secondary N) is 1. The SMILES string of the molecule is C1CCCC(c2nc(C3CCCN3)no2)CCC1. The van der Waals surface area contributed by atoms with Crippen LogP contribution in [0.25, 0.3) is 0 Å². The third-order valence-corrected chi connectivity index (χ3v) is 4.28. The van der Waals surface area contributed by atoms with E-state index in [0.29, 0.717) is 12.0 Å². The summed E-state index contributed by atoms with van der Waals surface area (Å²) in [5, 5.41) is 7.61. The van der Waals surface area contributed by atoms with Crippen molar-refractivity contribution in [1.82, 2.24) is 15.5 Å². The molecule has 1 aromatic rings. The summed E-state index contributed by atoms with van der Waals surface area (Å²) in [4.78, 5) is 4.65. The predicted molar refractivity (Wildman–Crippen MR) is 69.3 cm³/mol. The first kappa shape index (κ1) is 12.2. The van der Waals surface area contributed by atoms with Crippen molar-refractivity contribution >= 4 is 0 Å². The minimum Gasteiger partial charge on any atom is -0.339 e. The molecule has 1 aromatic heterocycles. The Kier molecular flexibility index (Phi) is 3.93. The molecule has 1 unspecified atom stereocenters. The summed E-state index contributed by atoms with van der Waals surface area (Å²) < 4.78 is 5.51. The van der Waals surface area contributed by atoms with Crippen LogP contribution in [-0.4, -0.2) is 16.7 Å². The molecule has 2 fully saturated rings. The molecule has 4 nitrogen and oxygen atoms in total. The summed E-state index contributed by atoms with van der Waals surface area (Å²) in [5.41, 5.74) is 0. The van der Waals surface area contributed by atoms with Crippen molar-refractivity contribution in [3.8, 4) is 0 Å². The van der Waals surface area contributed by atoms with Crippen LogP contribution in [0.3, 0.4) is 0 Å². The van der Waals surface area contributed by atoms with Crippen molar-refractivity contribution in [1.29, 1.82) is 0 Å². The van der Waals surface area contributed by atoms with Crippen LogP contribution in [0.5, 0.6) is 0 Å². The third kappa shape index (κ3) is 2.74. The molecule has 0 radical (unpaired) electrons. The zero-order valence-corrected chi connectivity index (χ0v) is 11.0. The van der Waals surface area contributed by atoms with Crippen LogP contribution in [0.2, 0.25) is 0 Å². The van der Waals surface area contributed by atoms with Crippen LogP contribution in [0.1, 0.15) is 81.5 Å². The van der Waals surface area contributed by atoms with E-state index < -0.39 is 0 Å². The van der Waals surface area contributed by atoms with Gasteiger partial charge in [0.2, 0.25) is 5.89 Å². The Bertz CT molecular complexity index is 363. The average molecular weight is 249 g/mol. The van der Waals surface area contributed by atoms with Crippen molar-refractivity contribution in [2.24, 2.45) is 0 Å². The first-order valence-corrected chi connectivity index (χ1v) is 7.50. The summed E-state index contributed by atoms with van der Waals surface area (Å²) in [7, 11) is 0. The topological polar surface area (TPSA) is 51.0 Å². The molecular formula is C14H23N3O. The van der Waals surface area contributed by atoms with E-state index >= 15 is 0 Å². The predicted octanol–water partition coefficient (Wildman–Crippen LogP) is 3.32.